The minimum Gasteiger partial charge on any atom is -0.467 e. The Morgan fingerprint density at radius 3 is 2.41 bits per heavy atom. The maximum absolute atomic E-state index is 13.1. The molecule has 0 saturated heterocycles. The van der Waals surface area contributed by atoms with Crippen molar-refractivity contribution in [2.75, 3.05) is 6.61 Å². The highest BCUT2D eigenvalue weighted by atomic mass is 35.5. The molecule has 0 bridgehead atoms. The predicted molar refractivity (Wildman–Crippen MR) is 137 cm³/mol. The van der Waals surface area contributed by atoms with Gasteiger partial charge in [-0.25, -0.2) is 13.4 Å². The molecule has 0 saturated carbocycles. The minimum absolute atomic E-state index is 0.0212. The molecular formula is C26H26ClN3O6S. The van der Waals surface area contributed by atoms with Crippen molar-refractivity contribution >= 4 is 39.2 Å². The maximum Gasteiger partial charge on any atom is 0.324 e. The first-order valence-corrected chi connectivity index (χ1v) is 13.4. The monoisotopic (exact) mass is 543 g/mol. The summed E-state index contributed by atoms with van der Waals surface area (Å²) in [6, 6.07) is 16.4. The molecule has 11 heteroatoms. The predicted octanol–water partition coefficient (Wildman–Crippen LogP) is 3.91. The second-order valence-electron chi connectivity index (χ2n) is 8.69. The molecule has 1 aliphatic heterocycles. The molecule has 1 aromatic heterocycles. The highest BCUT2D eigenvalue weighted by Crippen LogP contribution is 2.32. The summed E-state index contributed by atoms with van der Waals surface area (Å²) < 4.78 is 38.6. The van der Waals surface area contributed by atoms with E-state index >= 15 is 0 Å². The van der Waals surface area contributed by atoms with E-state index in [2.05, 4.69) is 10.1 Å². The Morgan fingerprint density at radius 1 is 1.08 bits per heavy atom. The third-order valence-electron chi connectivity index (χ3n) is 5.70. The highest BCUT2D eigenvalue weighted by molar-refractivity contribution is 7.89. The number of hydrogen-bond donors (Lipinski definition) is 2. The van der Waals surface area contributed by atoms with E-state index in [1.165, 1.54) is 23.4 Å². The van der Waals surface area contributed by atoms with E-state index in [9.17, 15) is 18.0 Å². The highest BCUT2D eigenvalue weighted by Gasteiger charge is 2.35. The van der Waals surface area contributed by atoms with Gasteiger partial charge in [0.15, 0.2) is 6.61 Å². The lowest BCUT2D eigenvalue weighted by molar-refractivity contribution is -0.155. The van der Waals surface area contributed by atoms with Gasteiger partial charge in [0.25, 0.3) is 5.91 Å². The van der Waals surface area contributed by atoms with Crippen molar-refractivity contribution in [2.45, 2.75) is 30.8 Å². The van der Waals surface area contributed by atoms with Crippen molar-refractivity contribution in [1.82, 2.24) is 15.2 Å². The number of sulfonamides is 1. The lowest BCUT2D eigenvalue weighted by atomic mass is 10.1. The first-order valence-electron chi connectivity index (χ1n) is 11.5. The summed E-state index contributed by atoms with van der Waals surface area (Å²) in [6.07, 6.45) is 3.31. The number of esters is 1. The lowest BCUT2D eigenvalue weighted by Crippen LogP contribution is -2.47. The van der Waals surface area contributed by atoms with Crippen LogP contribution in [0.5, 0.6) is 0 Å². The number of furan rings is 1. The molecule has 1 aliphatic rings. The number of nitrogens with zero attached hydrogens (tertiary/aromatic N) is 1. The number of hydrazine groups is 1. The van der Waals surface area contributed by atoms with Gasteiger partial charge in [0, 0.05) is 5.02 Å². The normalized spacial score (nSPS) is 16.3. The van der Waals surface area contributed by atoms with Gasteiger partial charge < -0.3 is 9.15 Å². The van der Waals surface area contributed by atoms with Crippen LogP contribution in [-0.2, 0) is 24.3 Å². The molecular weight excluding hydrogens is 518 g/mol. The van der Waals surface area contributed by atoms with Gasteiger partial charge in [-0.05, 0) is 54.0 Å². The summed E-state index contributed by atoms with van der Waals surface area (Å²) in [6.45, 7) is 2.75. The van der Waals surface area contributed by atoms with E-state index in [-0.39, 0.29) is 4.90 Å². The Bertz CT molecular complexity index is 1370. The Morgan fingerprint density at radius 2 is 1.78 bits per heavy atom. The Kier molecular flexibility index (Phi) is 8.01. The zero-order valence-corrected chi connectivity index (χ0v) is 21.7. The molecule has 2 N–H and O–H groups in total. The zero-order valence-electron chi connectivity index (χ0n) is 20.1. The van der Waals surface area contributed by atoms with Crippen LogP contribution in [0.25, 0.3) is 5.70 Å². The summed E-state index contributed by atoms with van der Waals surface area (Å²) in [5.74, 6) is -1.34. The largest absolute Gasteiger partial charge is 0.467 e. The van der Waals surface area contributed by atoms with E-state index in [1.807, 2.05) is 6.08 Å². The van der Waals surface area contributed by atoms with Gasteiger partial charge >= 0.3 is 5.97 Å². The molecule has 9 nitrogen and oxygen atoms in total. The van der Waals surface area contributed by atoms with Gasteiger partial charge in [0.2, 0.25) is 10.0 Å². The van der Waals surface area contributed by atoms with Crippen LogP contribution >= 0.6 is 11.6 Å². The fraction of sp³-hybridized carbons (Fsp3) is 0.231. The molecule has 37 heavy (non-hydrogen) atoms. The molecule has 2 aromatic carbocycles. The standard InChI is InChI=1S/C26H26ClN3O6S/c1-17(2)25(29-37(33,34)20-7-4-3-5-8-20)26(32)36-16-24(31)30-22(23-9-6-14-35-23)15-21(28-30)18-10-12-19(27)13-11-18/h3-15,17,22,25,28-29H,16H2,1-2H3/t22-,25+/m1/s1. The van der Waals surface area contributed by atoms with Crippen molar-refractivity contribution in [3.05, 3.63) is 95.4 Å². The van der Waals surface area contributed by atoms with Gasteiger partial charge in [-0.1, -0.05) is 55.8 Å². The van der Waals surface area contributed by atoms with Crippen molar-refractivity contribution in [3.63, 3.8) is 0 Å². The van der Waals surface area contributed by atoms with Crippen LogP contribution < -0.4 is 10.1 Å². The van der Waals surface area contributed by atoms with Crippen molar-refractivity contribution < 1.29 is 27.2 Å². The summed E-state index contributed by atoms with van der Waals surface area (Å²) in [7, 11) is -3.97. The van der Waals surface area contributed by atoms with Crippen LogP contribution in [0.15, 0.2) is 88.4 Å². The number of hydrogen-bond acceptors (Lipinski definition) is 7. The molecule has 0 unspecified atom stereocenters. The molecule has 194 valence electrons. The Labute approximate surface area is 220 Å². The molecule has 3 aromatic rings. The molecule has 2 heterocycles. The van der Waals surface area contributed by atoms with E-state index in [0.29, 0.717) is 16.5 Å². The quantitative estimate of drug-likeness (QED) is 0.393. The fourth-order valence-corrected chi connectivity index (χ4v) is 5.21. The fourth-order valence-electron chi connectivity index (χ4n) is 3.73. The maximum atomic E-state index is 13.1. The summed E-state index contributed by atoms with van der Waals surface area (Å²) in [4.78, 5) is 26.0. The second-order valence-corrected chi connectivity index (χ2v) is 10.8. The van der Waals surface area contributed by atoms with E-state index < -0.39 is 46.5 Å². The lowest BCUT2D eigenvalue weighted by Gasteiger charge is -2.25. The average Bonchev–Trinajstić information content (AvgIpc) is 3.57. The smallest absolute Gasteiger partial charge is 0.324 e. The topological polar surface area (TPSA) is 118 Å². The van der Waals surface area contributed by atoms with Crippen LogP contribution in [-0.4, -0.2) is 38.0 Å². The third kappa shape index (κ3) is 6.22. The van der Waals surface area contributed by atoms with Crippen LogP contribution in [0.2, 0.25) is 5.02 Å². The number of ether oxygens (including phenoxy) is 1. The van der Waals surface area contributed by atoms with Gasteiger partial charge in [-0.15, -0.1) is 0 Å². The molecule has 0 fully saturated rings. The van der Waals surface area contributed by atoms with Crippen molar-refractivity contribution in [1.29, 1.82) is 0 Å². The number of nitrogens with one attached hydrogen (secondary N) is 2. The van der Waals surface area contributed by atoms with Crippen LogP contribution in [0.3, 0.4) is 0 Å². The summed E-state index contributed by atoms with van der Waals surface area (Å²) in [5.41, 5.74) is 4.48. The molecule has 4 rings (SSSR count). The number of benzene rings is 2. The van der Waals surface area contributed by atoms with Crippen molar-refractivity contribution in [3.8, 4) is 0 Å². The first kappa shape index (κ1) is 26.5. The van der Waals surface area contributed by atoms with E-state index in [0.717, 1.165) is 5.56 Å². The molecule has 2 atom stereocenters. The zero-order chi connectivity index (χ0) is 26.6. The van der Waals surface area contributed by atoms with Crippen LogP contribution in [0, 0.1) is 5.92 Å². The molecule has 0 spiro atoms. The van der Waals surface area contributed by atoms with E-state index in [4.69, 9.17) is 20.8 Å². The number of carbonyl (C=O) groups is 2. The average molecular weight is 544 g/mol. The number of carbonyl (C=O) groups excluding carboxylic acids is 2. The molecule has 0 radical (unpaired) electrons. The van der Waals surface area contributed by atoms with Gasteiger partial charge in [-0.2, -0.15) is 4.72 Å². The molecule has 1 amide bonds. The number of rotatable bonds is 9. The third-order valence-corrected chi connectivity index (χ3v) is 7.41. The van der Waals surface area contributed by atoms with Crippen molar-refractivity contribution in [2.24, 2.45) is 5.92 Å². The van der Waals surface area contributed by atoms with Gasteiger partial charge in [-0.3, -0.25) is 15.0 Å². The second kappa shape index (κ2) is 11.2. The van der Waals surface area contributed by atoms with Crippen LogP contribution in [0.4, 0.5) is 0 Å². The van der Waals surface area contributed by atoms with E-state index in [1.54, 1.807) is 68.4 Å². The Hall–Kier alpha value is -3.60. The van der Waals surface area contributed by atoms with Gasteiger partial charge in [0.05, 0.1) is 16.9 Å². The van der Waals surface area contributed by atoms with Gasteiger partial charge in [0.1, 0.15) is 17.8 Å². The number of halogens is 1. The first-order chi connectivity index (χ1) is 17.7. The summed E-state index contributed by atoms with van der Waals surface area (Å²) >= 11 is 5.99. The minimum atomic E-state index is -3.97. The number of amides is 1. The Balaban J connectivity index is 1.45. The molecule has 0 aliphatic carbocycles. The SMILES string of the molecule is CC(C)[C@H](NS(=O)(=O)c1ccccc1)C(=O)OCC(=O)N1NC(c2ccc(Cl)cc2)=C[C@@H]1c1ccco1. The van der Waals surface area contributed by atoms with Crippen LogP contribution in [0.1, 0.15) is 31.2 Å². The summed E-state index contributed by atoms with van der Waals surface area (Å²) in [5, 5.41) is 1.88.